The first-order chi connectivity index (χ1) is 13.3. The summed E-state index contributed by atoms with van der Waals surface area (Å²) in [5.41, 5.74) is 9.24. The van der Waals surface area contributed by atoms with E-state index in [2.05, 4.69) is 10.4 Å². The maximum absolute atomic E-state index is 12.6. The number of ether oxygens (including phenoxy) is 1. The number of benzene rings is 2. The molecule has 3 aromatic rings. The summed E-state index contributed by atoms with van der Waals surface area (Å²) in [5, 5.41) is 6.64. The molecule has 7 heteroatoms. The first kappa shape index (κ1) is 19.2. The van der Waals surface area contributed by atoms with Crippen LogP contribution < -0.4 is 15.8 Å². The Labute approximate surface area is 163 Å². The predicted molar refractivity (Wildman–Crippen MR) is 106 cm³/mol. The van der Waals surface area contributed by atoms with Crippen molar-refractivity contribution < 1.29 is 14.3 Å². The molecule has 0 atom stereocenters. The van der Waals surface area contributed by atoms with Crippen molar-refractivity contribution in [1.82, 2.24) is 9.78 Å². The second kappa shape index (κ2) is 7.96. The Morgan fingerprint density at radius 2 is 1.96 bits per heavy atom. The van der Waals surface area contributed by atoms with Gasteiger partial charge in [0.25, 0.3) is 11.8 Å². The number of carbonyl (C=O) groups excluding carboxylic acids is 2. The lowest BCUT2D eigenvalue weighted by Gasteiger charge is -2.11. The molecule has 2 amide bonds. The largest absolute Gasteiger partial charge is 0.489 e. The highest BCUT2D eigenvalue weighted by Crippen LogP contribution is 2.21. The van der Waals surface area contributed by atoms with Crippen LogP contribution in [0.4, 0.5) is 5.69 Å². The number of hydrogen-bond donors (Lipinski definition) is 2. The summed E-state index contributed by atoms with van der Waals surface area (Å²) < 4.78 is 7.23. The third-order valence-corrected chi connectivity index (χ3v) is 4.35. The lowest BCUT2D eigenvalue weighted by atomic mass is 10.1. The second-order valence-electron chi connectivity index (χ2n) is 6.61. The third-order valence-electron chi connectivity index (χ3n) is 4.35. The molecule has 0 aliphatic rings. The molecule has 0 bridgehead atoms. The van der Waals surface area contributed by atoms with Gasteiger partial charge in [0.15, 0.2) is 0 Å². The second-order valence-corrected chi connectivity index (χ2v) is 6.61. The van der Waals surface area contributed by atoms with E-state index in [0.717, 1.165) is 22.4 Å². The first-order valence-electron chi connectivity index (χ1n) is 8.77. The molecule has 0 fully saturated rings. The summed E-state index contributed by atoms with van der Waals surface area (Å²) in [6.07, 6.45) is 1.39. The van der Waals surface area contributed by atoms with Crippen LogP contribution in [0.1, 0.15) is 37.5 Å². The minimum atomic E-state index is -0.661. The summed E-state index contributed by atoms with van der Waals surface area (Å²) in [7, 11) is 1.58. The maximum Gasteiger partial charge on any atom is 0.269 e. The van der Waals surface area contributed by atoms with Gasteiger partial charge >= 0.3 is 0 Å². The smallest absolute Gasteiger partial charge is 0.269 e. The van der Waals surface area contributed by atoms with Crippen molar-refractivity contribution in [2.24, 2.45) is 12.8 Å². The number of nitrogens with one attached hydrogen (secondary N) is 1. The normalized spacial score (nSPS) is 10.5. The molecule has 1 aromatic heterocycles. The van der Waals surface area contributed by atoms with E-state index in [-0.39, 0.29) is 17.3 Å². The minimum Gasteiger partial charge on any atom is -0.489 e. The van der Waals surface area contributed by atoms with Crippen LogP contribution in [0.2, 0.25) is 0 Å². The van der Waals surface area contributed by atoms with Crippen molar-refractivity contribution in [3.63, 3.8) is 0 Å². The molecule has 0 unspecified atom stereocenters. The topological polar surface area (TPSA) is 99.2 Å². The van der Waals surface area contributed by atoms with Crippen molar-refractivity contribution in [3.05, 3.63) is 76.6 Å². The molecular formula is C21H22N4O3. The van der Waals surface area contributed by atoms with Crippen LogP contribution in [0.5, 0.6) is 5.75 Å². The van der Waals surface area contributed by atoms with Crippen LogP contribution >= 0.6 is 0 Å². The Morgan fingerprint density at radius 3 is 2.71 bits per heavy atom. The number of amides is 2. The van der Waals surface area contributed by atoms with Crippen LogP contribution in [-0.2, 0) is 13.7 Å². The SMILES string of the molecule is Cc1ccc(C)c(OCc2cccc(C(=O)Nc3cnn(C)c3C(N)=O)c2)c1. The Balaban J connectivity index is 1.73. The standard InChI is InChI=1S/C21H22N4O3/c1-13-7-8-14(2)18(9-13)28-12-15-5-4-6-16(10-15)21(27)24-17-11-23-25(3)19(17)20(22)26/h4-11H,12H2,1-3H3,(H2,22,26)(H,24,27). The number of aryl methyl sites for hydroxylation is 3. The van der Waals surface area contributed by atoms with Gasteiger partial charge in [0.2, 0.25) is 0 Å². The Kier molecular flexibility index (Phi) is 5.44. The highest BCUT2D eigenvalue weighted by atomic mass is 16.5. The zero-order valence-corrected chi connectivity index (χ0v) is 16.0. The van der Waals surface area contributed by atoms with Crippen molar-refractivity contribution in [1.29, 1.82) is 0 Å². The van der Waals surface area contributed by atoms with Gasteiger partial charge in [-0.15, -0.1) is 0 Å². The average molecular weight is 378 g/mol. The van der Waals surface area contributed by atoms with Gasteiger partial charge in [0, 0.05) is 12.6 Å². The molecule has 0 spiro atoms. The molecule has 144 valence electrons. The molecule has 3 N–H and O–H groups in total. The van der Waals surface area contributed by atoms with Crippen molar-refractivity contribution in [2.45, 2.75) is 20.5 Å². The third kappa shape index (κ3) is 4.20. The first-order valence-corrected chi connectivity index (χ1v) is 8.77. The maximum atomic E-state index is 12.6. The Bertz CT molecular complexity index is 1040. The van der Waals surface area contributed by atoms with E-state index in [4.69, 9.17) is 10.5 Å². The van der Waals surface area contributed by atoms with Crippen molar-refractivity contribution in [2.75, 3.05) is 5.32 Å². The van der Waals surface area contributed by atoms with Crippen LogP contribution in [0, 0.1) is 13.8 Å². The summed E-state index contributed by atoms with van der Waals surface area (Å²) in [4.78, 5) is 24.1. The molecule has 0 aliphatic heterocycles. The van der Waals surface area contributed by atoms with E-state index in [1.165, 1.54) is 10.9 Å². The lowest BCUT2D eigenvalue weighted by Crippen LogP contribution is -2.20. The number of rotatable bonds is 6. The van der Waals surface area contributed by atoms with Gasteiger partial charge in [0.05, 0.1) is 11.9 Å². The molecule has 28 heavy (non-hydrogen) atoms. The quantitative estimate of drug-likeness (QED) is 0.689. The predicted octanol–water partition coefficient (Wildman–Crippen LogP) is 2.97. The highest BCUT2D eigenvalue weighted by Gasteiger charge is 2.17. The molecule has 1 heterocycles. The number of anilines is 1. The van der Waals surface area contributed by atoms with E-state index in [9.17, 15) is 9.59 Å². The summed E-state index contributed by atoms with van der Waals surface area (Å²) in [5.74, 6) is -0.202. The van der Waals surface area contributed by atoms with Gasteiger partial charge in [-0.2, -0.15) is 5.10 Å². The molecule has 0 aliphatic carbocycles. The van der Waals surface area contributed by atoms with Gasteiger partial charge in [0.1, 0.15) is 18.1 Å². The van der Waals surface area contributed by atoms with Crippen molar-refractivity contribution in [3.8, 4) is 5.75 Å². The molecule has 2 aromatic carbocycles. The zero-order valence-electron chi connectivity index (χ0n) is 16.0. The highest BCUT2D eigenvalue weighted by molar-refractivity contribution is 6.08. The fourth-order valence-corrected chi connectivity index (χ4v) is 2.84. The van der Waals surface area contributed by atoms with Gasteiger partial charge in [-0.1, -0.05) is 24.3 Å². The minimum absolute atomic E-state index is 0.141. The summed E-state index contributed by atoms with van der Waals surface area (Å²) in [6.45, 7) is 4.34. The Morgan fingerprint density at radius 1 is 1.18 bits per heavy atom. The number of nitrogens with two attached hydrogens (primary N) is 1. The molecule has 0 radical (unpaired) electrons. The summed E-state index contributed by atoms with van der Waals surface area (Å²) in [6, 6.07) is 13.2. The average Bonchev–Trinajstić information content (AvgIpc) is 3.03. The molecule has 3 rings (SSSR count). The van der Waals surface area contributed by atoms with E-state index in [1.807, 2.05) is 38.1 Å². The zero-order chi connectivity index (χ0) is 20.3. The number of aromatic nitrogens is 2. The van der Waals surface area contributed by atoms with Gasteiger partial charge < -0.3 is 15.8 Å². The molecule has 7 nitrogen and oxygen atoms in total. The van der Waals surface area contributed by atoms with E-state index < -0.39 is 5.91 Å². The van der Waals surface area contributed by atoms with E-state index >= 15 is 0 Å². The van der Waals surface area contributed by atoms with Crippen LogP contribution in [-0.4, -0.2) is 21.6 Å². The van der Waals surface area contributed by atoms with Crippen molar-refractivity contribution >= 4 is 17.5 Å². The van der Waals surface area contributed by atoms with Gasteiger partial charge in [-0.05, 0) is 48.7 Å². The Hall–Kier alpha value is -3.61. The monoisotopic (exact) mass is 378 g/mol. The van der Waals surface area contributed by atoms with E-state index in [1.54, 1.807) is 25.2 Å². The molecule has 0 saturated heterocycles. The van der Waals surface area contributed by atoms with Crippen LogP contribution in [0.3, 0.4) is 0 Å². The van der Waals surface area contributed by atoms with Gasteiger partial charge in [-0.25, -0.2) is 0 Å². The lowest BCUT2D eigenvalue weighted by molar-refractivity contribution is 0.0992. The molecular weight excluding hydrogens is 356 g/mol. The van der Waals surface area contributed by atoms with Crippen LogP contribution in [0.25, 0.3) is 0 Å². The fourth-order valence-electron chi connectivity index (χ4n) is 2.84. The molecule has 0 saturated carbocycles. The summed E-state index contributed by atoms with van der Waals surface area (Å²) >= 11 is 0. The fraction of sp³-hybridized carbons (Fsp3) is 0.190. The van der Waals surface area contributed by atoms with Gasteiger partial charge in [-0.3, -0.25) is 14.3 Å². The van der Waals surface area contributed by atoms with Crippen LogP contribution in [0.15, 0.2) is 48.7 Å². The number of nitrogens with zero attached hydrogens (tertiary/aromatic N) is 2. The number of primary amides is 1. The van der Waals surface area contributed by atoms with E-state index in [0.29, 0.717) is 12.2 Å². The number of carbonyl (C=O) groups is 2. The number of hydrogen-bond acceptors (Lipinski definition) is 4.